The smallest absolute Gasteiger partial charge is 0.272 e. The van der Waals surface area contributed by atoms with Gasteiger partial charge in [0.1, 0.15) is 0 Å². The van der Waals surface area contributed by atoms with E-state index in [0.29, 0.717) is 18.1 Å². The maximum absolute atomic E-state index is 12.4. The Morgan fingerprint density at radius 2 is 1.93 bits per heavy atom. The van der Waals surface area contributed by atoms with Crippen LogP contribution in [0.1, 0.15) is 28.5 Å². The lowest BCUT2D eigenvalue weighted by molar-refractivity contribution is 0.0945. The van der Waals surface area contributed by atoms with E-state index in [0.717, 1.165) is 23.5 Å². The van der Waals surface area contributed by atoms with E-state index in [1.165, 1.54) is 5.56 Å². The van der Waals surface area contributed by atoms with Crippen molar-refractivity contribution >= 4 is 17.4 Å². The molecular weight excluding hydrogens is 368 g/mol. The van der Waals surface area contributed by atoms with E-state index >= 15 is 0 Å². The molecule has 1 amide bonds. The number of nitrogens with zero attached hydrogens (tertiary/aromatic N) is 3. The molecule has 0 atom stereocenters. The summed E-state index contributed by atoms with van der Waals surface area (Å²) in [4.78, 5) is 14.5. The Bertz CT molecular complexity index is 1020. The number of nitrogens with one attached hydrogen (secondary N) is 1. The molecule has 1 aromatic heterocycles. The van der Waals surface area contributed by atoms with E-state index in [4.69, 9.17) is 9.47 Å². The first-order chi connectivity index (χ1) is 14.1. The number of carbonyl (C=O) groups excluding carboxylic acids is 1. The Kier molecular flexibility index (Phi) is 5.29. The highest BCUT2D eigenvalue weighted by atomic mass is 16.7. The van der Waals surface area contributed by atoms with Crippen LogP contribution in [0, 0.1) is 6.92 Å². The number of anilines is 2. The van der Waals surface area contributed by atoms with Crippen LogP contribution in [-0.4, -0.2) is 29.4 Å². The minimum Gasteiger partial charge on any atom is -0.454 e. The summed E-state index contributed by atoms with van der Waals surface area (Å²) >= 11 is 0. The highest BCUT2D eigenvalue weighted by Crippen LogP contribution is 2.32. The molecule has 0 saturated carbocycles. The molecule has 3 aromatic rings. The van der Waals surface area contributed by atoms with Gasteiger partial charge in [-0.15, -0.1) is 10.2 Å². The second-order valence-electron chi connectivity index (χ2n) is 6.73. The molecule has 2 heterocycles. The average molecular weight is 390 g/mol. The summed E-state index contributed by atoms with van der Waals surface area (Å²) in [5.41, 5.74) is 3.41. The monoisotopic (exact) mass is 390 g/mol. The van der Waals surface area contributed by atoms with Gasteiger partial charge in [-0.2, -0.15) is 0 Å². The van der Waals surface area contributed by atoms with E-state index in [2.05, 4.69) is 41.5 Å². The fraction of sp³-hybridized carbons (Fsp3) is 0.227. The van der Waals surface area contributed by atoms with E-state index in [1.54, 1.807) is 6.07 Å². The molecule has 1 N–H and O–H groups in total. The van der Waals surface area contributed by atoms with Gasteiger partial charge in [0.25, 0.3) is 5.91 Å². The molecule has 0 radical (unpaired) electrons. The molecular formula is C22H22N4O3. The van der Waals surface area contributed by atoms with Crippen molar-refractivity contribution in [1.82, 2.24) is 15.5 Å². The second kappa shape index (κ2) is 8.18. The van der Waals surface area contributed by atoms with Crippen LogP contribution in [0.5, 0.6) is 11.5 Å². The summed E-state index contributed by atoms with van der Waals surface area (Å²) in [6.07, 6.45) is 0. The number of rotatable bonds is 6. The third-order valence-corrected chi connectivity index (χ3v) is 4.68. The quantitative estimate of drug-likeness (QED) is 0.693. The molecule has 2 aromatic carbocycles. The Morgan fingerprint density at radius 3 is 2.69 bits per heavy atom. The lowest BCUT2D eigenvalue weighted by Crippen LogP contribution is -2.25. The molecule has 0 spiro atoms. The van der Waals surface area contributed by atoms with Crippen LogP contribution in [0.2, 0.25) is 0 Å². The fourth-order valence-electron chi connectivity index (χ4n) is 3.19. The summed E-state index contributed by atoms with van der Waals surface area (Å²) in [5, 5.41) is 11.2. The predicted molar refractivity (Wildman–Crippen MR) is 110 cm³/mol. The maximum atomic E-state index is 12.4. The van der Waals surface area contributed by atoms with Gasteiger partial charge in [-0.3, -0.25) is 4.79 Å². The lowest BCUT2D eigenvalue weighted by atomic mass is 10.2. The molecule has 0 unspecified atom stereocenters. The number of aryl methyl sites for hydroxylation is 1. The number of carbonyl (C=O) groups is 1. The van der Waals surface area contributed by atoms with Crippen molar-refractivity contribution in [2.45, 2.75) is 20.4 Å². The van der Waals surface area contributed by atoms with Gasteiger partial charge in [0.2, 0.25) is 6.79 Å². The number of benzene rings is 2. The van der Waals surface area contributed by atoms with Crippen LogP contribution in [0.4, 0.5) is 11.5 Å². The normalized spacial score (nSPS) is 11.9. The molecule has 1 aliphatic heterocycles. The molecule has 7 nitrogen and oxygen atoms in total. The van der Waals surface area contributed by atoms with Crippen molar-refractivity contribution in [2.75, 3.05) is 18.2 Å². The van der Waals surface area contributed by atoms with Crippen LogP contribution in [0.15, 0.2) is 54.6 Å². The van der Waals surface area contributed by atoms with Crippen LogP contribution < -0.4 is 19.7 Å². The fourth-order valence-corrected chi connectivity index (χ4v) is 3.19. The first-order valence-corrected chi connectivity index (χ1v) is 9.48. The van der Waals surface area contributed by atoms with Crippen LogP contribution in [0.3, 0.4) is 0 Å². The first-order valence-electron chi connectivity index (χ1n) is 9.48. The number of amides is 1. The SMILES string of the molecule is CCN(c1cccc(C)c1)c1ccc(C(=O)NCc2ccc3c(c2)OCO3)nn1. The Labute approximate surface area is 169 Å². The minimum atomic E-state index is -0.277. The summed E-state index contributed by atoms with van der Waals surface area (Å²) < 4.78 is 10.7. The van der Waals surface area contributed by atoms with Crippen molar-refractivity contribution < 1.29 is 14.3 Å². The third kappa shape index (κ3) is 4.13. The van der Waals surface area contributed by atoms with Crippen LogP contribution >= 0.6 is 0 Å². The van der Waals surface area contributed by atoms with E-state index in [9.17, 15) is 4.79 Å². The number of aromatic nitrogens is 2. The largest absolute Gasteiger partial charge is 0.454 e. The average Bonchev–Trinajstić information content (AvgIpc) is 3.21. The minimum absolute atomic E-state index is 0.227. The summed E-state index contributed by atoms with van der Waals surface area (Å²) in [5.74, 6) is 1.83. The first kappa shape index (κ1) is 18.7. The van der Waals surface area contributed by atoms with E-state index in [1.807, 2.05) is 41.3 Å². The standard InChI is InChI=1S/C22H22N4O3/c1-3-26(17-6-4-5-15(2)11-17)21-10-8-18(24-25-21)22(27)23-13-16-7-9-19-20(12-16)29-14-28-19/h4-12H,3,13-14H2,1-2H3,(H,23,27). The number of ether oxygens (including phenoxy) is 2. The van der Waals surface area contributed by atoms with Crippen LogP contribution in [0.25, 0.3) is 0 Å². The number of fused-ring (bicyclic) bond motifs is 1. The topological polar surface area (TPSA) is 76.6 Å². The van der Waals surface area contributed by atoms with E-state index in [-0.39, 0.29) is 18.4 Å². The number of hydrogen-bond acceptors (Lipinski definition) is 6. The Balaban J connectivity index is 1.42. The Morgan fingerprint density at radius 1 is 1.07 bits per heavy atom. The molecule has 7 heteroatoms. The van der Waals surface area contributed by atoms with Gasteiger partial charge in [-0.25, -0.2) is 0 Å². The van der Waals surface area contributed by atoms with Gasteiger partial charge in [0, 0.05) is 18.8 Å². The van der Waals surface area contributed by atoms with E-state index < -0.39 is 0 Å². The highest BCUT2D eigenvalue weighted by Gasteiger charge is 2.15. The van der Waals surface area contributed by atoms with Gasteiger partial charge in [0.05, 0.1) is 0 Å². The molecule has 1 aliphatic rings. The molecule has 0 bridgehead atoms. The van der Waals surface area contributed by atoms with Crippen molar-refractivity contribution in [3.63, 3.8) is 0 Å². The second-order valence-corrected chi connectivity index (χ2v) is 6.73. The summed E-state index contributed by atoms with van der Waals surface area (Å²) in [6.45, 7) is 5.44. The van der Waals surface area contributed by atoms with Crippen molar-refractivity contribution in [1.29, 1.82) is 0 Å². The molecule has 29 heavy (non-hydrogen) atoms. The molecule has 4 rings (SSSR count). The van der Waals surface area contributed by atoms with Crippen molar-refractivity contribution in [3.8, 4) is 11.5 Å². The van der Waals surface area contributed by atoms with Gasteiger partial charge in [0.15, 0.2) is 23.0 Å². The van der Waals surface area contributed by atoms with Gasteiger partial charge in [-0.1, -0.05) is 18.2 Å². The zero-order chi connectivity index (χ0) is 20.2. The van der Waals surface area contributed by atoms with Gasteiger partial charge < -0.3 is 19.7 Å². The molecule has 0 aliphatic carbocycles. The third-order valence-electron chi connectivity index (χ3n) is 4.68. The molecule has 0 fully saturated rings. The molecule has 0 saturated heterocycles. The Hall–Kier alpha value is -3.61. The van der Waals surface area contributed by atoms with Crippen LogP contribution in [-0.2, 0) is 6.54 Å². The van der Waals surface area contributed by atoms with Gasteiger partial charge >= 0.3 is 0 Å². The lowest BCUT2D eigenvalue weighted by Gasteiger charge is -2.22. The predicted octanol–water partition coefficient (Wildman–Crippen LogP) is 3.60. The molecule has 148 valence electrons. The number of hydrogen-bond donors (Lipinski definition) is 1. The van der Waals surface area contributed by atoms with Crippen molar-refractivity contribution in [2.24, 2.45) is 0 Å². The van der Waals surface area contributed by atoms with Crippen molar-refractivity contribution in [3.05, 3.63) is 71.4 Å². The summed E-state index contributed by atoms with van der Waals surface area (Å²) in [6, 6.07) is 17.3. The zero-order valence-corrected chi connectivity index (χ0v) is 16.4. The highest BCUT2D eigenvalue weighted by molar-refractivity contribution is 5.92. The maximum Gasteiger partial charge on any atom is 0.272 e. The summed E-state index contributed by atoms with van der Waals surface area (Å²) in [7, 11) is 0. The zero-order valence-electron chi connectivity index (χ0n) is 16.4. The van der Waals surface area contributed by atoms with Gasteiger partial charge in [-0.05, 0) is 61.4 Å².